The number of rotatable bonds is 3. The summed E-state index contributed by atoms with van der Waals surface area (Å²) in [6.45, 7) is 1.68. The van der Waals surface area contributed by atoms with E-state index in [0.29, 0.717) is 17.3 Å². The number of sulfonamides is 1. The van der Waals surface area contributed by atoms with Gasteiger partial charge in [-0.3, -0.25) is 4.79 Å². The molecule has 1 aromatic rings. The molecule has 0 aliphatic carbocycles. The summed E-state index contributed by atoms with van der Waals surface area (Å²) in [6, 6.07) is 6.43. The minimum absolute atomic E-state index is 0.101. The summed E-state index contributed by atoms with van der Waals surface area (Å²) in [7, 11) is -3.82. The standard InChI is InChI=1S/C12H14BrNO4S/c1-12(11(15)16)7-4-8-14(12)19(17,18)10-6-3-2-5-9(10)13/h2-3,5-6H,4,7-8H2,1H3,(H,15,16). The van der Waals surface area contributed by atoms with E-state index < -0.39 is 21.5 Å². The molecule has 1 aliphatic heterocycles. The van der Waals surface area contributed by atoms with Gasteiger partial charge < -0.3 is 5.11 Å². The molecule has 1 fully saturated rings. The van der Waals surface area contributed by atoms with Crippen LogP contribution in [0.2, 0.25) is 0 Å². The zero-order valence-corrected chi connectivity index (χ0v) is 12.7. The Morgan fingerprint density at radius 2 is 2.05 bits per heavy atom. The molecule has 19 heavy (non-hydrogen) atoms. The summed E-state index contributed by atoms with van der Waals surface area (Å²) in [6.07, 6.45) is 0.874. The van der Waals surface area contributed by atoms with E-state index in [1.165, 1.54) is 13.0 Å². The molecule has 5 nitrogen and oxygen atoms in total. The maximum atomic E-state index is 12.6. The molecule has 7 heteroatoms. The molecule has 104 valence electrons. The highest BCUT2D eigenvalue weighted by atomic mass is 79.9. The van der Waals surface area contributed by atoms with Gasteiger partial charge in [0.15, 0.2) is 0 Å². The van der Waals surface area contributed by atoms with Crippen LogP contribution < -0.4 is 0 Å². The van der Waals surface area contributed by atoms with Gasteiger partial charge in [-0.2, -0.15) is 4.31 Å². The van der Waals surface area contributed by atoms with E-state index in [0.717, 1.165) is 4.31 Å². The van der Waals surface area contributed by atoms with Crippen molar-refractivity contribution in [3.8, 4) is 0 Å². The topological polar surface area (TPSA) is 74.7 Å². The Balaban J connectivity index is 2.52. The molecule has 1 unspecified atom stereocenters. The van der Waals surface area contributed by atoms with Crippen LogP contribution in [0.1, 0.15) is 19.8 Å². The van der Waals surface area contributed by atoms with Gasteiger partial charge in [0.25, 0.3) is 0 Å². The second-order valence-corrected chi connectivity index (χ2v) is 7.38. The van der Waals surface area contributed by atoms with Gasteiger partial charge >= 0.3 is 5.97 Å². The first-order valence-corrected chi connectivity index (χ1v) is 8.04. The van der Waals surface area contributed by atoms with E-state index in [9.17, 15) is 18.3 Å². The molecule has 1 saturated heterocycles. The summed E-state index contributed by atoms with van der Waals surface area (Å²) < 4.78 is 26.7. The van der Waals surface area contributed by atoms with Crippen molar-refractivity contribution < 1.29 is 18.3 Å². The van der Waals surface area contributed by atoms with E-state index in [2.05, 4.69) is 15.9 Å². The van der Waals surface area contributed by atoms with Crippen LogP contribution >= 0.6 is 15.9 Å². The van der Waals surface area contributed by atoms with Crippen molar-refractivity contribution >= 4 is 31.9 Å². The number of hydrogen-bond acceptors (Lipinski definition) is 3. The fourth-order valence-electron chi connectivity index (χ4n) is 2.31. The van der Waals surface area contributed by atoms with Crippen molar-refractivity contribution in [1.82, 2.24) is 4.31 Å². The van der Waals surface area contributed by atoms with Gasteiger partial charge in [0.1, 0.15) is 5.54 Å². The van der Waals surface area contributed by atoms with Gasteiger partial charge in [-0.1, -0.05) is 12.1 Å². The van der Waals surface area contributed by atoms with Gasteiger partial charge in [-0.15, -0.1) is 0 Å². The normalized spacial score (nSPS) is 24.5. The van der Waals surface area contributed by atoms with Crippen LogP contribution in [0, 0.1) is 0 Å². The summed E-state index contributed by atoms with van der Waals surface area (Å²) in [5, 5.41) is 9.30. The average Bonchev–Trinajstić information content (AvgIpc) is 2.74. The lowest BCUT2D eigenvalue weighted by Crippen LogP contribution is -2.50. The van der Waals surface area contributed by atoms with Gasteiger partial charge in [0.2, 0.25) is 10.0 Å². The lowest BCUT2D eigenvalue weighted by molar-refractivity contribution is -0.146. The van der Waals surface area contributed by atoms with Crippen molar-refractivity contribution in [3.63, 3.8) is 0 Å². The molecule has 0 radical (unpaired) electrons. The Kier molecular flexibility index (Phi) is 3.72. The second kappa shape index (κ2) is 4.88. The zero-order chi connectivity index (χ0) is 14.3. The Bertz CT molecular complexity index is 616. The molecular formula is C12H14BrNO4S. The summed E-state index contributed by atoms with van der Waals surface area (Å²) >= 11 is 3.20. The lowest BCUT2D eigenvalue weighted by atomic mass is 10.0. The van der Waals surface area contributed by atoms with E-state index in [1.54, 1.807) is 18.2 Å². The summed E-state index contributed by atoms with van der Waals surface area (Å²) in [5.41, 5.74) is -1.37. The highest BCUT2D eigenvalue weighted by Crippen LogP contribution is 2.36. The minimum atomic E-state index is -3.82. The monoisotopic (exact) mass is 347 g/mol. The number of carbonyl (C=O) groups is 1. The maximum Gasteiger partial charge on any atom is 0.324 e. The third kappa shape index (κ3) is 2.30. The first kappa shape index (κ1) is 14.5. The number of aliphatic carboxylic acids is 1. The van der Waals surface area contributed by atoms with E-state index >= 15 is 0 Å². The smallest absolute Gasteiger partial charge is 0.324 e. The Morgan fingerprint density at radius 3 is 2.63 bits per heavy atom. The molecule has 1 aliphatic rings. The van der Waals surface area contributed by atoms with Crippen molar-refractivity contribution in [3.05, 3.63) is 28.7 Å². The van der Waals surface area contributed by atoms with Crippen molar-refractivity contribution in [1.29, 1.82) is 0 Å². The molecule has 0 bridgehead atoms. The van der Waals surface area contributed by atoms with Crippen LogP contribution in [0.25, 0.3) is 0 Å². The van der Waals surface area contributed by atoms with Crippen molar-refractivity contribution in [2.45, 2.75) is 30.2 Å². The third-order valence-electron chi connectivity index (χ3n) is 3.44. The van der Waals surface area contributed by atoms with Crippen LogP contribution in [0.3, 0.4) is 0 Å². The SMILES string of the molecule is CC1(C(=O)O)CCCN1S(=O)(=O)c1ccccc1Br. The van der Waals surface area contributed by atoms with Gasteiger partial charge in [-0.25, -0.2) is 8.42 Å². The molecule has 0 aromatic heterocycles. The predicted molar refractivity (Wildman–Crippen MR) is 73.3 cm³/mol. The van der Waals surface area contributed by atoms with Gasteiger partial charge in [-0.05, 0) is 47.8 Å². The first-order chi connectivity index (χ1) is 8.80. The molecule has 0 spiro atoms. The van der Waals surface area contributed by atoms with Crippen LogP contribution in [0.5, 0.6) is 0 Å². The fourth-order valence-corrected chi connectivity index (χ4v) is 5.08. The van der Waals surface area contributed by atoms with Crippen LogP contribution in [-0.2, 0) is 14.8 Å². The molecule has 1 atom stereocenters. The van der Waals surface area contributed by atoms with Crippen LogP contribution in [0.4, 0.5) is 0 Å². The lowest BCUT2D eigenvalue weighted by Gasteiger charge is -2.30. The van der Waals surface area contributed by atoms with Crippen LogP contribution in [0.15, 0.2) is 33.6 Å². The van der Waals surface area contributed by atoms with Gasteiger partial charge in [0, 0.05) is 11.0 Å². The third-order valence-corrected chi connectivity index (χ3v) is 6.47. The number of carboxylic acid groups (broad SMARTS) is 1. The quantitative estimate of drug-likeness (QED) is 0.908. The van der Waals surface area contributed by atoms with Crippen molar-refractivity contribution in [2.24, 2.45) is 0 Å². The van der Waals surface area contributed by atoms with Gasteiger partial charge in [0.05, 0.1) is 4.90 Å². The Hall–Kier alpha value is -0.920. The highest BCUT2D eigenvalue weighted by Gasteiger charge is 2.50. The van der Waals surface area contributed by atoms with Crippen molar-refractivity contribution in [2.75, 3.05) is 6.54 Å². The van der Waals surface area contributed by atoms with E-state index in [1.807, 2.05) is 0 Å². The molecule has 1 aromatic carbocycles. The van der Waals surface area contributed by atoms with Crippen LogP contribution in [-0.4, -0.2) is 35.9 Å². The van der Waals surface area contributed by atoms with E-state index in [-0.39, 0.29) is 11.4 Å². The molecule has 1 heterocycles. The summed E-state index contributed by atoms with van der Waals surface area (Å²) in [5.74, 6) is -1.11. The predicted octanol–water partition coefficient (Wildman–Crippen LogP) is 2.08. The molecule has 2 rings (SSSR count). The molecule has 1 N–H and O–H groups in total. The Labute approximate surface area is 120 Å². The number of nitrogens with zero attached hydrogens (tertiary/aromatic N) is 1. The minimum Gasteiger partial charge on any atom is -0.480 e. The number of hydrogen-bond donors (Lipinski definition) is 1. The largest absolute Gasteiger partial charge is 0.480 e. The number of halogens is 1. The molecule has 0 saturated carbocycles. The van der Waals surface area contributed by atoms with E-state index in [4.69, 9.17) is 0 Å². The Morgan fingerprint density at radius 1 is 1.42 bits per heavy atom. The second-order valence-electron chi connectivity index (χ2n) is 4.69. The highest BCUT2D eigenvalue weighted by molar-refractivity contribution is 9.10. The average molecular weight is 348 g/mol. The first-order valence-electron chi connectivity index (χ1n) is 5.81. The molecule has 0 amide bonds. The number of carboxylic acids is 1. The maximum absolute atomic E-state index is 12.6. The molecular weight excluding hydrogens is 334 g/mol. The number of benzene rings is 1. The zero-order valence-electron chi connectivity index (χ0n) is 10.3. The summed E-state index contributed by atoms with van der Waals surface area (Å²) in [4.78, 5) is 11.5. The fraction of sp³-hybridized carbons (Fsp3) is 0.417.